The lowest BCUT2D eigenvalue weighted by atomic mass is 10.1. The van der Waals surface area contributed by atoms with E-state index in [0.717, 1.165) is 17.0 Å². The summed E-state index contributed by atoms with van der Waals surface area (Å²) < 4.78 is 23.0. The first-order chi connectivity index (χ1) is 9.07. The molecule has 0 saturated carbocycles. The molecule has 1 aromatic rings. The third-order valence-electron chi connectivity index (χ3n) is 3.30. The van der Waals surface area contributed by atoms with Crippen LogP contribution in [0, 0.1) is 0 Å². The quantitative estimate of drug-likeness (QED) is 0.854. The standard InChI is InChI=1S/C13H20N2O2S2/c1-2-18-13-5-3-4-12(11(13)10-14)15-6-8-19(16,17)9-7-15/h3-5H,2,6-10,14H2,1H3. The predicted octanol–water partition coefficient (Wildman–Crippen LogP) is 1.49. The van der Waals surface area contributed by atoms with E-state index in [0.29, 0.717) is 19.6 Å². The number of thioether (sulfide) groups is 1. The molecule has 1 saturated heterocycles. The molecule has 0 aliphatic carbocycles. The molecule has 0 unspecified atom stereocenters. The van der Waals surface area contributed by atoms with Crippen LogP contribution < -0.4 is 10.6 Å². The van der Waals surface area contributed by atoms with Crippen molar-refractivity contribution in [2.45, 2.75) is 18.4 Å². The molecule has 2 N–H and O–H groups in total. The van der Waals surface area contributed by atoms with Gasteiger partial charge < -0.3 is 10.6 Å². The summed E-state index contributed by atoms with van der Waals surface area (Å²) in [6, 6.07) is 6.15. The lowest BCUT2D eigenvalue weighted by Gasteiger charge is -2.31. The van der Waals surface area contributed by atoms with Crippen molar-refractivity contribution in [1.29, 1.82) is 0 Å². The zero-order valence-corrected chi connectivity index (χ0v) is 12.8. The van der Waals surface area contributed by atoms with E-state index in [1.165, 1.54) is 4.90 Å². The van der Waals surface area contributed by atoms with Gasteiger partial charge in [-0.2, -0.15) is 0 Å². The summed E-state index contributed by atoms with van der Waals surface area (Å²) in [5.74, 6) is 1.48. The molecule has 0 amide bonds. The fourth-order valence-corrected chi connectivity index (χ4v) is 4.35. The van der Waals surface area contributed by atoms with Crippen LogP contribution in [0.2, 0.25) is 0 Å². The summed E-state index contributed by atoms with van der Waals surface area (Å²) in [7, 11) is -2.84. The van der Waals surface area contributed by atoms with Crippen molar-refractivity contribution in [2.75, 3.05) is 35.2 Å². The van der Waals surface area contributed by atoms with Crippen LogP contribution in [0.3, 0.4) is 0 Å². The molecular weight excluding hydrogens is 280 g/mol. The van der Waals surface area contributed by atoms with Crippen molar-refractivity contribution in [3.63, 3.8) is 0 Å². The molecule has 0 radical (unpaired) electrons. The molecule has 106 valence electrons. The summed E-state index contributed by atoms with van der Waals surface area (Å²) >= 11 is 1.78. The maximum Gasteiger partial charge on any atom is 0.153 e. The number of nitrogens with zero attached hydrogens (tertiary/aromatic N) is 1. The molecule has 1 aliphatic rings. The van der Waals surface area contributed by atoms with Crippen LogP contribution in [-0.4, -0.2) is 38.8 Å². The Balaban J connectivity index is 2.27. The minimum atomic E-state index is -2.84. The Morgan fingerprint density at radius 2 is 2.00 bits per heavy atom. The fraction of sp³-hybridized carbons (Fsp3) is 0.538. The van der Waals surface area contributed by atoms with Gasteiger partial charge in [-0.05, 0) is 17.9 Å². The van der Waals surface area contributed by atoms with E-state index in [1.54, 1.807) is 11.8 Å². The SMILES string of the molecule is CCSc1cccc(N2CCS(=O)(=O)CC2)c1CN. The third-order valence-corrected chi connectivity index (χ3v) is 5.89. The summed E-state index contributed by atoms with van der Waals surface area (Å²) in [6.07, 6.45) is 0. The monoisotopic (exact) mass is 300 g/mol. The van der Waals surface area contributed by atoms with E-state index in [9.17, 15) is 8.42 Å². The molecule has 1 aromatic carbocycles. The van der Waals surface area contributed by atoms with E-state index in [-0.39, 0.29) is 11.5 Å². The van der Waals surface area contributed by atoms with Crippen molar-refractivity contribution in [1.82, 2.24) is 0 Å². The van der Waals surface area contributed by atoms with E-state index >= 15 is 0 Å². The molecule has 0 aromatic heterocycles. The highest BCUT2D eigenvalue weighted by molar-refractivity contribution is 7.99. The number of hydrogen-bond donors (Lipinski definition) is 1. The molecule has 0 bridgehead atoms. The van der Waals surface area contributed by atoms with Crippen molar-refractivity contribution in [3.05, 3.63) is 23.8 Å². The summed E-state index contributed by atoms with van der Waals surface area (Å²) in [5, 5.41) is 0. The van der Waals surface area contributed by atoms with Gasteiger partial charge in [0.05, 0.1) is 11.5 Å². The number of sulfone groups is 1. The normalized spacial score (nSPS) is 18.5. The molecule has 1 heterocycles. The van der Waals surface area contributed by atoms with Gasteiger partial charge in [-0.1, -0.05) is 13.0 Å². The van der Waals surface area contributed by atoms with Gasteiger partial charge in [-0.3, -0.25) is 0 Å². The van der Waals surface area contributed by atoms with Gasteiger partial charge in [0, 0.05) is 35.8 Å². The summed E-state index contributed by atoms with van der Waals surface area (Å²) in [6.45, 7) is 3.73. The zero-order chi connectivity index (χ0) is 13.9. The van der Waals surface area contributed by atoms with Gasteiger partial charge in [0.15, 0.2) is 9.84 Å². The summed E-state index contributed by atoms with van der Waals surface area (Å²) in [4.78, 5) is 3.35. The van der Waals surface area contributed by atoms with Crippen molar-refractivity contribution in [2.24, 2.45) is 5.73 Å². The van der Waals surface area contributed by atoms with Crippen LogP contribution in [0.4, 0.5) is 5.69 Å². The Kier molecular flexibility index (Phi) is 4.76. The molecule has 19 heavy (non-hydrogen) atoms. The smallest absolute Gasteiger partial charge is 0.153 e. The second kappa shape index (κ2) is 6.15. The van der Waals surface area contributed by atoms with E-state index in [1.807, 2.05) is 12.1 Å². The van der Waals surface area contributed by atoms with E-state index in [2.05, 4.69) is 17.9 Å². The van der Waals surface area contributed by atoms with Gasteiger partial charge in [0.25, 0.3) is 0 Å². The first kappa shape index (κ1) is 14.7. The van der Waals surface area contributed by atoms with Crippen LogP contribution >= 0.6 is 11.8 Å². The topological polar surface area (TPSA) is 63.4 Å². The minimum absolute atomic E-state index is 0.238. The maximum atomic E-state index is 11.5. The molecule has 2 rings (SSSR count). The Morgan fingerprint density at radius 1 is 1.32 bits per heavy atom. The molecule has 0 atom stereocenters. The average Bonchev–Trinajstić information content (AvgIpc) is 2.39. The second-order valence-electron chi connectivity index (χ2n) is 4.53. The molecule has 0 spiro atoms. The van der Waals surface area contributed by atoms with Gasteiger partial charge in [0.2, 0.25) is 0 Å². The highest BCUT2D eigenvalue weighted by Crippen LogP contribution is 2.31. The van der Waals surface area contributed by atoms with Crippen LogP contribution in [0.1, 0.15) is 12.5 Å². The molecule has 6 heteroatoms. The number of anilines is 1. The lowest BCUT2D eigenvalue weighted by Crippen LogP contribution is -2.40. The number of rotatable bonds is 4. The Morgan fingerprint density at radius 3 is 2.58 bits per heavy atom. The van der Waals surface area contributed by atoms with Crippen LogP contribution in [0.25, 0.3) is 0 Å². The Labute approximate surface area is 119 Å². The van der Waals surface area contributed by atoms with Crippen molar-refractivity contribution < 1.29 is 8.42 Å². The number of hydrogen-bond acceptors (Lipinski definition) is 5. The second-order valence-corrected chi connectivity index (χ2v) is 8.14. The fourth-order valence-electron chi connectivity index (χ4n) is 2.30. The van der Waals surface area contributed by atoms with Gasteiger partial charge >= 0.3 is 0 Å². The van der Waals surface area contributed by atoms with E-state index < -0.39 is 9.84 Å². The Bertz CT molecular complexity index is 530. The minimum Gasteiger partial charge on any atom is -0.369 e. The maximum absolute atomic E-state index is 11.5. The zero-order valence-electron chi connectivity index (χ0n) is 11.1. The highest BCUT2D eigenvalue weighted by atomic mass is 32.2. The van der Waals surface area contributed by atoms with Crippen molar-refractivity contribution >= 4 is 27.3 Å². The highest BCUT2D eigenvalue weighted by Gasteiger charge is 2.23. The predicted molar refractivity (Wildman–Crippen MR) is 81.6 cm³/mol. The lowest BCUT2D eigenvalue weighted by molar-refractivity contribution is 0.586. The van der Waals surface area contributed by atoms with E-state index in [4.69, 9.17) is 5.73 Å². The average molecular weight is 300 g/mol. The van der Waals surface area contributed by atoms with Crippen LogP contribution in [0.15, 0.2) is 23.1 Å². The largest absolute Gasteiger partial charge is 0.369 e. The molecule has 1 aliphatic heterocycles. The first-order valence-electron chi connectivity index (χ1n) is 6.47. The molecule has 1 fully saturated rings. The molecular formula is C13H20N2O2S2. The third kappa shape index (κ3) is 3.43. The van der Waals surface area contributed by atoms with Gasteiger partial charge in [0.1, 0.15) is 0 Å². The first-order valence-corrected chi connectivity index (χ1v) is 9.28. The van der Waals surface area contributed by atoms with Crippen LogP contribution in [0.5, 0.6) is 0 Å². The molecule has 4 nitrogen and oxygen atoms in total. The Hall–Kier alpha value is -0.720. The van der Waals surface area contributed by atoms with Crippen LogP contribution in [-0.2, 0) is 16.4 Å². The summed E-state index contributed by atoms with van der Waals surface area (Å²) in [5.41, 5.74) is 8.11. The van der Waals surface area contributed by atoms with Crippen molar-refractivity contribution in [3.8, 4) is 0 Å². The number of benzene rings is 1. The van der Waals surface area contributed by atoms with Gasteiger partial charge in [-0.25, -0.2) is 8.42 Å². The number of nitrogens with two attached hydrogens (primary N) is 1. The van der Waals surface area contributed by atoms with Gasteiger partial charge in [-0.15, -0.1) is 11.8 Å².